The molecule has 0 aliphatic rings. The SMILES string of the molecule is NC(=O)CCC(N)C(=O)NC(Cc1cnc[nH]1)C(=O)NC(CCC(=O)O)C(=O)NC(CCC(N)=O)C(=O)O. The van der Waals surface area contributed by atoms with E-state index >= 15 is 0 Å². The van der Waals surface area contributed by atoms with Gasteiger partial charge in [-0.2, -0.15) is 0 Å². The number of primary amides is 2. The zero-order chi connectivity index (χ0) is 28.8. The highest BCUT2D eigenvalue weighted by atomic mass is 16.4. The zero-order valence-electron chi connectivity index (χ0n) is 20.3. The van der Waals surface area contributed by atoms with Crippen molar-refractivity contribution in [2.24, 2.45) is 17.2 Å². The Morgan fingerprint density at radius 2 is 1.32 bits per heavy atom. The summed E-state index contributed by atoms with van der Waals surface area (Å²) in [6.45, 7) is 0. The molecule has 0 radical (unpaired) electrons. The van der Waals surface area contributed by atoms with E-state index in [1.165, 1.54) is 12.5 Å². The van der Waals surface area contributed by atoms with Crippen LogP contribution in [0.15, 0.2) is 12.5 Å². The lowest BCUT2D eigenvalue weighted by molar-refractivity contribution is -0.143. The summed E-state index contributed by atoms with van der Waals surface area (Å²) in [5.41, 5.74) is 16.3. The number of carbonyl (C=O) groups is 7. The van der Waals surface area contributed by atoms with Gasteiger partial charge in [-0.15, -0.1) is 0 Å². The van der Waals surface area contributed by atoms with Gasteiger partial charge in [0.2, 0.25) is 29.5 Å². The number of amides is 5. The lowest BCUT2D eigenvalue weighted by Crippen LogP contribution is -2.57. The van der Waals surface area contributed by atoms with Crippen molar-refractivity contribution in [3.63, 3.8) is 0 Å². The van der Waals surface area contributed by atoms with Crippen molar-refractivity contribution >= 4 is 41.5 Å². The third kappa shape index (κ3) is 11.9. The lowest BCUT2D eigenvalue weighted by atomic mass is 10.1. The molecular weight excluding hydrogens is 508 g/mol. The van der Waals surface area contributed by atoms with E-state index in [1.54, 1.807) is 0 Å². The number of hydrogen-bond acceptors (Lipinski definition) is 9. The quantitative estimate of drug-likeness (QED) is 0.0869. The topological polar surface area (TPSA) is 303 Å². The number of hydrogen-bond donors (Lipinski definition) is 9. The Bertz CT molecular complexity index is 1010. The number of aliphatic carboxylic acids is 2. The summed E-state index contributed by atoms with van der Waals surface area (Å²) < 4.78 is 0. The number of nitrogens with zero attached hydrogens (tertiary/aromatic N) is 1. The zero-order valence-corrected chi connectivity index (χ0v) is 20.3. The largest absolute Gasteiger partial charge is 0.481 e. The van der Waals surface area contributed by atoms with Crippen LogP contribution in [0.5, 0.6) is 0 Å². The first-order valence-electron chi connectivity index (χ1n) is 11.4. The molecule has 1 rings (SSSR count). The van der Waals surface area contributed by atoms with Crippen LogP contribution in [0, 0.1) is 0 Å². The molecule has 17 nitrogen and oxygen atoms in total. The highest BCUT2D eigenvalue weighted by Crippen LogP contribution is 2.06. The standard InChI is InChI=1S/C21H32N8O9/c22-11(1-4-15(23)30)18(34)29-14(7-10-8-25-9-26-10)20(36)27-12(3-6-17(32)33)19(35)28-13(21(37)38)2-5-16(24)31/h8-9,11-14H,1-7,22H2,(H2,23,30)(H2,24,31)(H,25,26)(H,27,36)(H,28,35)(H,29,34)(H,32,33)(H,37,38). The molecule has 0 saturated carbocycles. The number of aromatic nitrogens is 2. The van der Waals surface area contributed by atoms with Crippen LogP contribution >= 0.6 is 0 Å². The van der Waals surface area contributed by atoms with Gasteiger partial charge in [0, 0.05) is 37.6 Å². The van der Waals surface area contributed by atoms with E-state index in [-0.39, 0.29) is 32.1 Å². The van der Waals surface area contributed by atoms with Crippen molar-refractivity contribution < 1.29 is 43.8 Å². The molecule has 0 aliphatic heterocycles. The van der Waals surface area contributed by atoms with Crippen molar-refractivity contribution in [1.82, 2.24) is 25.9 Å². The van der Waals surface area contributed by atoms with Crippen LogP contribution in [0.4, 0.5) is 0 Å². The van der Waals surface area contributed by atoms with Gasteiger partial charge in [-0.3, -0.25) is 28.8 Å². The van der Waals surface area contributed by atoms with Gasteiger partial charge in [-0.25, -0.2) is 9.78 Å². The Morgan fingerprint density at radius 3 is 1.84 bits per heavy atom. The lowest BCUT2D eigenvalue weighted by Gasteiger charge is -2.25. The van der Waals surface area contributed by atoms with Crippen LogP contribution in [-0.4, -0.2) is 85.8 Å². The smallest absolute Gasteiger partial charge is 0.326 e. The highest BCUT2D eigenvalue weighted by Gasteiger charge is 2.31. The number of nitrogens with one attached hydrogen (secondary N) is 4. The Kier molecular flexibility index (Phi) is 12.9. The molecule has 4 atom stereocenters. The minimum absolute atomic E-state index is 0.0922. The fourth-order valence-corrected chi connectivity index (χ4v) is 3.16. The van der Waals surface area contributed by atoms with Crippen molar-refractivity contribution in [3.05, 3.63) is 18.2 Å². The first kappa shape index (κ1) is 31.5. The van der Waals surface area contributed by atoms with Gasteiger partial charge in [0.15, 0.2) is 0 Å². The Morgan fingerprint density at radius 1 is 0.789 bits per heavy atom. The van der Waals surface area contributed by atoms with Crippen LogP contribution in [0.1, 0.15) is 44.2 Å². The number of rotatable bonds is 18. The number of carboxylic acids is 2. The Labute approximate surface area is 216 Å². The molecule has 12 N–H and O–H groups in total. The van der Waals surface area contributed by atoms with Crippen LogP contribution in [0.3, 0.4) is 0 Å². The number of imidazole rings is 1. The van der Waals surface area contributed by atoms with Gasteiger partial charge < -0.3 is 48.3 Å². The molecule has 5 amide bonds. The molecular formula is C21H32N8O9. The second-order valence-electron chi connectivity index (χ2n) is 8.35. The van der Waals surface area contributed by atoms with E-state index in [4.69, 9.17) is 22.3 Å². The predicted octanol–water partition coefficient (Wildman–Crippen LogP) is -3.79. The molecule has 1 aromatic rings. The fraction of sp³-hybridized carbons (Fsp3) is 0.524. The molecule has 0 saturated heterocycles. The average molecular weight is 541 g/mol. The van der Waals surface area contributed by atoms with Gasteiger partial charge in [-0.1, -0.05) is 0 Å². The van der Waals surface area contributed by atoms with Crippen molar-refractivity contribution in [1.29, 1.82) is 0 Å². The molecule has 210 valence electrons. The van der Waals surface area contributed by atoms with Crippen LogP contribution < -0.4 is 33.2 Å². The number of nitrogens with two attached hydrogens (primary N) is 3. The molecule has 0 spiro atoms. The van der Waals surface area contributed by atoms with Crippen molar-refractivity contribution in [2.75, 3.05) is 0 Å². The van der Waals surface area contributed by atoms with Crippen LogP contribution in [-0.2, 0) is 40.0 Å². The monoisotopic (exact) mass is 540 g/mol. The highest BCUT2D eigenvalue weighted by molar-refractivity contribution is 5.94. The molecule has 0 aliphatic carbocycles. The van der Waals surface area contributed by atoms with Crippen LogP contribution in [0.25, 0.3) is 0 Å². The maximum atomic E-state index is 13.1. The molecule has 4 unspecified atom stereocenters. The Balaban J connectivity index is 3.07. The first-order valence-corrected chi connectivity index (χ1v) is 11.4. The van der Waals surface area contributed by atoms with E-state index in [2.05, 4.69) is 25.9 Å². The second kappa shape index (κ2) is 15.5. The molecule has 0 aromatic carbocycles. The van der Waals surface area contributed by atoms with E-state index in [9.17, 15) is 38.7 Å². The number of carboxylic acid groups (broad SMARTS) is 2. The molecule has 0 fully saturated rings. The van der Waals surface area contributed by atoms with Crippen molar-refractivity contribution in [2.45, 2.75) is 69.1 Å². The van der Waals surface area contributed by atoms with E-state index in [0.717, 1.165) is 0 Å². The summed E-state index contributed by atoms with van der Waals surface area (Å²) in [6, 6.07) is -5.57. The average Bonchev–Trinajstić information content (AvgIpc) is 3.34. The number of aromatic amines is 1. The van der Waals surface area contributed by atoms with E-state index in [1.807, 2.05) is 0 Å². The van der Waals surface area contributed by atoms with Gasteiger partial charge in [0.25, 0.3) is 0 Å². The van der Waals surface area contributed by atoms with E-state index < -0.39 is 78.5 Å². The summed E-state index contributed by atoms with van der Waals surface area (Å²) in [6.07, 6.45) is 0.634. The third-order valence-corrected chi connectivity index (χ3v) is 5.22. The molecule has 1 aromatic heterocycles. The minimum Gasteiger partial charge on any atom is -0.481 e. The summed E-state index contributed by atoms with van der Waals surface area (Å²) in [5, 5.41) is 25.3. The van der Waals surface area contributed by atoms with E-state index in [0.29, 0.717) is 5.69 Å². The maximum Gasteiger partial charge on any atom is 0.326 e. The van der Waals surface area contributed by atoms with Crippen LogP contribution in [0.2, 0.25) is 0 Å². The van der Waals surface area contributed by atoms with Gasteiger partial charge in [0.05, 0.1) is 12.4 Å². The minimum atomic E-state index is -1.54. The number of H-pyrrole nitrogens is 1. The summed E-state index contributed by atoms with van der Waals surface area (Å²) in [7, 11) is 0. The second-order valence-corrected chi connectivity index (χ2v) is 8.35. The Hall–Kier alpha value is -4.54. The van der Waals surface area contributed by atoms with Gasteiger partial charge in [0.1, 0.15) is 18.1 Å². The van der Waals surface area contributed by atoms with Crippen molar-refractivity contribution in [3.8, 4) is 0 Å². The normalized spacial score (nSPS) is 13.8. The molecule has 17 heteroatoms. The number of carbonyl (C=O) groups excluding carboxylic acids is 5. The predicted molar refractivity (Wildman–Crippen MR) is 127 cm³/mol. The molecule has 1 heterocycles. The van der Waals surface area contributed by atoms with Gasteiger partial charge in [-0.05, 0) is 19.3 Å². The first-order chi connectivity index (χ1) is 17.8. The maximum absolute atomic E-state index is 13.1. The third-order valence-electron chi connectivity index (χ3n) is 5.22. The summed E-state index contributed by atoms with van der Waals surface area (Å²) >= 11 is 0. The fourth-order valence-electron chi connectivity index (χ4n) is 3.16. The molecule has 0 bridgehead atoms. The molecule has 38 heavy (non-hydrogen) atoms. The van der Waals surface area contributed by atoms with Gasteiger partial charge >= 0.3 is 11.9 Å². The summed E-state index contributed by atoms with van der Waals surface area (Å²) in [4.78, 5) is 89.6. The summed E-state index contributed by atoms with van der Waals surface area (Å²) in [5.74, 6) is -6.98.